The lowest BCUT2D eigenvalue weighted by Crippen LogP contribution is -2.36. The van der Waals surface area contributed by atoms with Gasteiger partial charge in [-0.15, -0.1) is 0 Å². The van der Waals surface area contributed by atoms with Gasteiger partial charge in [0.05, 0.1) is 12.2 Å². The van der Waals surface area contributed by atoms with Crippen LogP contribution in [0.4, 0.5) is 0 Å². The minimum absolute atomic E-state index is 0.0142. The lowest BCUT2D eigenvalue weighted by atomic mass is 9.87. The van der Waals surface area contributed by atoms with Crippen molar-refractivity contribution in [1.29, 1.82) is 0 Å². The van der Waals surface area contributed by atoms with Crippen LogP contribution in [-0.4, -0.2) is 22.4 Å². The maximum atomic E-state index is 11.6. The molecule has 0 unspecified atom stereocenters. The summed E-state index contributed by atoms with van der Waals surface area (Å²) in [6.45, 7) is 5.72. The largest absolute Gasteiger partial charge is 0.312 e. The molecule has 0 aliphatic heterocycles. The van der Waals surface area contributed by atoms with Crippen LogP contribution < -0.4 is 10.9 Å². The summed E-state index contributed by atoms with van der Waals surface area (Å²) in [5, 5.41) is 7.77. The Hall–Kier alpha value is -1.16. The molecule has 1 N–H and O–H groups in total. The second kappa shape index (κ2) is 6.14. The summed E-state index contributed by atoms with van der Waals surface area (Å²) in [7, 11) is 0. The number of hydrogen-bond donors (Lipinski definition) is 1. The summed E-state index contributed by atoms with van der Waals surface area (Å²) in [5.74, 6) is 0.879. The molecule has 4 heteroatoms. The average Bonchev–Trinajstić information content (AvgIpc) is 2.36. The lowest BCUT2D eigenvalue weighted by Gasteiger charge is -2.27. The van der Waals surface area contributed by atoms with Gasteiger partial charge in [0.15, 0.2) is 0 Å². The molecular weight excluding hydrogens is 226 g/mol. The zero-order valence-corrected chi connectivity index (χ0v) is 11.4. The second-order valence-electron chi connectivity index (χ2n) is 5.45. The van der Waals surface area contributed by atoms with Crippen LogP contribution in [0.1, 0.15) is 38.3 Å². The molecule has 0 amide bonds. The van der Waals surface area contributed by atoms with Crippen LogP contribution in [0, 0.1) is 12.8 Å². The van der Waals surface area contributed by atoms with Crippen molar-refractivity contribution in [2.24, 2.45) is 5.92 Å². The molecule has 4 nitrogen and oxygen atoms in total. The molecule has 0 aromatic carbocycles. The SMILES string of the molecule is Cc1ccc(=O)n(CCNC2CCC(C)CC2)n1. The molecule has 0 radical (unpaired) electrons. The molecule has 2 rings (SSSR count). The third-order valence-electron chi connectivity index (χ3n) is 3.77. The second-order valence-corrected chi connectivity index (χ2v) is 5.45. The molecule has 0 spiro atoms. The first kappa shape index (κ1) is 13.3. The molecule has 0 saturated heterocycles. The van der Waals surface area contributed by atoms with Crippen molar-refractivity contribution >= 4 is 0 Å². The first-order chi connectivity index (χ1) is 8.65. The van der Waals surface area contributed by atoms with E-state index in [2.05, 4.69) is 17.3 Å². The molecular formula is C14H23N3O. The molecule has 1 aromatic heterocycles. The third-order valence-corrected chi connectivity index (χ3v) is 3.77. The molecule has 1 aliphatic rings. The van der Waals surface area contributed by atoms with Crippen molar-refractivity contribution < 1.29 is 0 Å². The highest BCUT2D eigenvalue weighted by Gasteiger charge is 2.17. The Kier molecular flexibility index (Phi) is 4.53. The fraction of sp³-hybridized carbons (Fsp3) is 0.714. The molecule has 1 fully saturated rings. The molecule has 1 saturated carbocycles. The molecule has 100 valence electrons. The number of nitrogens with zero attached hydrogens (tertiary/aromatic N) is 2. The summed E-state index contributed by atoms with van der Waals surface area (Å²) < 4.78 is 1.55. The maximum Gasteiger partial charge on any atom is 0.266 e. The highest BCUT2D eigenvalue weighted by Crippen LogP contribution is 2.23. The quantitative estimate of drug-likeness (QED) is 0.884. The minimum atomic E-state index is -0.0142. The molecule has 1 aromatic rings. The topological polar surface area (TPSA) is 46.9 Å². The Morgan fingerprint density at radius 3 is 2.78 bits per heavy atom. The van der Waals surface area contributed by atoms with Crippen molar-refractivity contribution in [1.82, 2.24) is 15.1 Å². The van der Waals surface area contributed by atoms with Gasteiger partial charge in [0.2, 0.25) is 0 Å². The summed E-state index contributed by atoms with van der Waals surface area (Å²) >= 11 is 0. The zero-order chi connectivity index (χ0) is 13.0. The van der Waals surface area contributed by atoms with Crippen LogP contribution in [0.15, 0.2) is 16.9 Å². The van der Waals surface area contributed by atoms with Crippen LogP contribution in [0.25, 0.3) is 0 Å². The van der Waals surface area contributed by atoms with Gasteiger partial charge in [-0.05, 0) is 44.6 Å². The van der Waals surface area contributed by atoms with E-state index >= 15 is 0 Å². The summed E-state index contributed by atoms with van der Waals surface area (Å²) in [4.78, 5) is 11.6. The number of nitrogens with one attached hydrogen (secondary N) is 1. The lowest BCUT2D eigenvalue weighted by molar-refractivity contribution is 0.303. The smallest absolute Gasteiger partial charge is 0.266 e. The van der Waals surface area contributed by atoms with Gasteiger partial charge in [-0.25, -0.2) is 4.68 Å². The van der Waals surface area contributed by atoms with E-state index in [4.69, 9.17) is 0 Å². The van der Waals surface area contributed by atoms with Gasteiger partial charge in [-0.3, -0.25) is 4.79 Å². The molecule has 18 heavy (non-hydrogen) atoms. The first-order valence-electron chi connectivity index (χ1n) is 6.93. The van der Waals surface area contributed by atoms with E-state index in [9.17, 15) is 4.79 Å². The molecule has 0 bridgehead atoms. The molecule has 1 aliphatic carbocycles. The van der Waals surface area contributed by atoms with Crippen LogP contribution in [0.5, 0.6) is 0 Å². The number of hydrogen-bond acceptors (Lipinski definition) is 3. The summed E-state index contributed by atoms with van der Waals surface area (Å²) in [6.07, 6.45) is 5.16. The van der Waals surface area contributed by atoms with Gasteiger partial charge in [0.25, 0.3) is 5.56 Å². The van der Waals surface area contributed by atoms with E-state index in [1.54, 1.807) is 16.8 Å². The van der Waals surface area contributed by atoms with E-state index in [-0.39, 0.29) is 5.56 Å². The molecule has 0 atom stereocenters. The summed E-state index contributed by atoms with van der Waals surface area (Å²) in [6, 6.07) is 3.97. The Morgan fingerprint density at radius 1 is 1.33 bits per heavy atom. The Bertz CT molecular complexity index is 433. The van der Waals surface area contributed by atoms with Crippen molar-refractivity contribution in [3.05, 3.63) is 28.2 Å². The van der Waals surface area contributed by atoms with Crippen molar-refractivity contribution in [2.45, 2.75) is 52.1 Å². The summed E-state index contributed by atoms with van der Waals surface area (Å²) in [5.41, 5.74) is 0.876. The van der Waals surface area contributed by atoms with Crippen molar-refractivity contribution in [3.63, 3.8) is 0 Å². The number of aromatic nitrogens is 2. The van der Waals surface area contributed by atoms with Crippen LogP contribution >= 0.6 is 0 Å². The van der Waals surface area contributed by atoms with Gasteiger partial charge >= 0.3 is 0 Å². The van der Waals surface area contributed by atoms with Gasteiger partial charge in [-0.2, -0.15) is 5.10 Å². The Morgan fingerprint density at radius 2 is 2.06 bits per heavy atom. The average molecular weight is 249 g/mol. The standard InChI is InChI=1S/C14H23N3O/c1-11-3-6-13(7-4-11)15-9-10-17-14(18)8-5-12(2)16-17/h5,8,11,13,15H,3-4,6-7,9-10H2,1-2H3. The van der Waals surface area contributed by atoms with Gasteiger partial charge < -0.3 is 5.32 Å². The fourth-order valence-corrected chi connectivity index (χ4v) is 2.55. The highest BCUT2D eigenvalue weighted by atomic mass is 16.1. The number of aryl methyl sites for hydroxylation is 1. The van der Waals surface area contributed by atoms with E-state index in [1.807, 2.05) is 6.92 Å². The van der Waals surface area contributed by atoms with E-state index in [0.717, 1.165) is 18.2 Å². The third kappa shape index (κ3) is 3.67. The fourth-order valence-electron chi connectivity index (χ4n) is 2.55. The van der Waals surface area contributed by atoms with Crippen molar-refractivity contribution in [2.75, 3.05) is 6.54 Å². The van der Waals surface area contributed by atoms with Crippen LogP contribution in [0.3, 0.4) is 0 Å². The zero-order valence-electron chi connectivity index (χ0n) is 11.4. The van der Waals surface area contributed by atoms with Gasteiger partial charge in [-0.1, -0.05) is 6.92 Å². The Labute approximate surface area is 108 Å². The normalized spacial score (nSPS) is 24.1. The first-order valence-corrected chi connectivity index (χ1v) is 6.93. The van der Waals surface area contributed by atoms with Crippen molar-refractivity contribution in [3.8, 4) is 0 Å². The molecule has 1 heterocycles. The van der Waals surface area contributed by atoms with Gasteiger partial charge in [0, 0.05) is 18.7 Å². The monoisotopic (exact) mass is 249 g/mol. The van der Waals surface area contributed by atoms with E-state index in [0.29, 0.717) is 12.6 Å². The van der Waals surface area contributed by atoms with Crippen LogP contribution in [-0.2, 0) is 6.54 Å². The Balaban J connectivity index is 1.78. The maximum absolute atomic E-state index is 11.6. The van der Waals surface area contributed by atoms with Gasteiger partial charge in [0.1, 0.15) is 0 Å². The highest BCUT2D eigenvalue weighted by molar-refractivity contribution is 4.97. The van der Waals surface area contributed by atoms with E-state index in [1.165, 1.54) is 25.7 Å². The predicted octanol–water partition coefficient (Wildman–Crippen LogP) is 1.72. The van der Waals surface area contributed by atoms with E-state index < -0.39 is 0 Å². The van der Waals surface area contributed by atoms with Crippen LogP contribution in [0.2, 0.25) is 0 Å². The number of rotatable bonds is 4. The minimum Gasteiger partial charge on any atom is -0.312 e. The predicted molar refractivity (Wildman–Crippen MR) is 72.7 cm³/mol.